The monoisotopic (exact) mass is 414 g/mol. The molecular weight excluding hydrogens is 380 g/mol. The van der Waals surface area contributed by atoms with Crippen molar-refractivity contribution in [2.24, 2.45) is 0 Å². The SMILES string of the molecule is COCCCc1cccc(C)c1-c1ccc([C@H]2CNCC[C@@H]2c2cccnc2)c(C)c1. The number of nitrogens with zero attached hydrogens (tertiary/aromatic N) is 1. The van der Waals surface area contributed by atoms with Crippen molar-refractivity contribution in [2.45, 2.75) is 44.9 Å². The molecule has 0 amide bonds. The third-order valence-electron chi connectivity index (χ3n) is 6.71. The van der Waals surface area contributed by atoms with E-state index in [9.17, 15) is 0 Å². The summed E-state index contributed by atoms with van der Waals surface area (Å²) in [5.41, 5.74) is 9.67. The Morgan fingerprint density at radius 3 is 2.71 bits per heavy atom. The van der Waals surface area contributed by atoms with Crippen LogP contribution in [0.4, 0.5) is 0 Å². The van der Waals surface area contributed by atoms with Crippen molar-refractivity contribution >= 4 is 0 Å². The lowest BCUT2D eigenvalue weighted by Crippen LogP contribution is -2.34. The van der Waals surface area contributed by atoms with Gasteiger partial charge in [0.1, 0.15) is 0 Å². The Bertz CT molecular complexity index is 999. The van der Waals surface area contributed by atoms with Gasteiger partial charge in [0, 0.05) is 38.6 Å². The minimum atomic E-state index is 0.477. The van der Waals surface area contributed by atoms with E-state index in [1.165, 1.54) is 38.9 Å². The molecule has 1 fully saturated rings. The highest BCUT2D eigenvalue weighted by atomic mass is 16.5. The number of rotatable bonds is 7. The van der Waals surface area contributed by atoms with Crippen LogP contribution in [0.5, 0.6) is 0 Å². The molecule has 2 atom stereocenters. The Balaban J connectivity index is 1.66. The minimum absolute atomic E-state index is 0.477. The molecule has 31 heavy (non-hydrogen) atoms. The first-order chi connectivity index (χ1) is 15.2. The zero-order valence-corrected chi connectivity index (χ0v) is 19.0. The Hall–Kier alpha value is -2.49. The average Bonchev–Trinajstić information content (AvgIpc) is 2.80. The van der Waals surface area contributed by atoms with Crippen molar-refractivity contribution in [3.05, 3.63) is 88.7 Å². The number of benzene rings is 2. The Labute approximate surface area is 186 Å². The number of nitrogens with one attached hydrogen (secondary N) is 1. The van der Waals surface area contributed by atoms with Gasteiger partial charge in [-0.3, -0.25) is 4.98 Å². The van der Waals surface area contributed by atoms with E-state index in [4.69, 9.17) is 4.74 Å². The summed E-state index contributed by atoms with van der Waals surface area (Å²) < 4.78 is 5.28. The van der Waals surface area contributed by atoms with Gasteiger partial charge in [0.2, 0.25) is 0 Å². The van der Waals surface area contributed by atoms with Crippen LogP contribution in [0.25, 0.3) is 11.1 Å². The van der Waals surface area contributed by atoms with Gasteiger partial charge in [-0.15, -0.1) is 0 Å². The molecular formula is C28H34N2O. The third kappa shape index (κ3) is 4.89. The second-order valence-electron chi connectivity index (χ2n) is 8.77. The Kier molecular flexibility index (Phi) is 7.16. The average molecular weight is 415 g/mol. The van der Waals surface area contributed by atoms with Crippen LogP contribution < -0.4 is 5.32 Å². The highest BCUT2D eigenvalue weighted by molar-refractivity contribution is 5.72. The van der Waals surface area contributed by atoms with Gasteiger partial charge in [-0.05, 0) is 90.6 Å². The number of piperidine rings is 1. The molecule has 0 radical (unpaired) electrons. The summed E-state index contributed by atoms with van der Waals surface area (Å²) in [6.07, 6.45) is 7.16. The van der Waals surface area contributed by atoms with E-state index in [0.29, 0.717) is 11.8 Å². The summed E-state index contributed by atoms with van der Waals surface area (Å²) in [7, 11) is 1.78. The van der Waals surface area contributed by atoms with Crippen molar-refractivity contribution in [3.8, 4) is 11.1 Å². The zero-order valence-electron chi connectivity index (χ0n) is 19.0. The molecule has 162 valence electrons. The molecule has 2 aromatic carbocycles. The highest BCUT2D eigenvalue weighted by Crippen LogP contribution is 2.40. The van der Waals surface area contributed by atoms with E-state index >= 15 is 0 Å². The molecule has 1 aromatic heterocycles. The normalized spacial score (nSPS) is 18.8. The largest absolute Gasteiger partial charge is 0.385 e. The number of ether oxygens (including phenoxy) is 1. The summed E-state index contributed by atoms with van der Waals surface area (Å²) in [5, 5.41) is 3.62. The summed E-state index contributed by atoms with van der Waals surface area (Å²) in [4.78, 5) is 4.38. The Morgan fingerprint density at radius 1 is 1.03 bits per heavy atom. The van der Waals surface area contributed by atoms with Crippen LogP contribution in [0, 0.1) is 13.8 Å². The summed E-state index contributed by atoms with van der Waals surface area (Å²) in [5.74, 6) is 0.993. The van der Waals surface area contributed by atoms with Gasteiger partial charge in [-0.25, -0.2) is 0 Å². The van der Waals surface area contributed by atoms with Crippen LogP contribution in [0.3, 0.4) is 0 Å². The smallest absolute Gasteiger partial charge is 0.0465 e. The lowest BCUT2D eigenvalue weighted by Gasteiger charge is -2.34. The van der Waals surface area contributed by atoms with Crippen LogP contribution in [0.15, 0.2) is 60.9 Å². The summed E-state index contributed by atoms with van der Waals surface area (Å²) in [6, 6.07) is 18.1. The van der Waals surface area contributed by atoms with Gasteiger partial charge in [0.15, 0.2) is 0 Å². The molecule has 3 aromatic rings. The Morgan fingerprint density at radius 2 is 1.94 bits per heavy atom. The second-order valence-corrected chi connectivity index (χ2v) is 8.77. The zero-order chi connectivity index (χ0) is 21.6. The van der Waals surface area contributed by atoms with E-state index in [0.717, 1.165) is 39.0 Å². The van der Waals surface area contributed by atoms with Crippen LogP contribution >= 0.6 is 0 Å². The molecule has 3 heteroatoms. The van der Waals surface area contributed by atoms with Gasteiger partial charge in [-0.1, -0.05) is 42.5 Å². The van der Waals surface area contributed by atoms with Crippen molar-refractivity contribution in [2.75, 3.05) is 26.8 Å². The van der Waals surface area contributed by atoms with E-state index in [1.54, 1.807) is 7.11 Å². The molecule has 0 bridgehead atoms. The number of pyridine rings is 1. The van der Waals surface area contributed by atoms with E-state index < -0.39 is 0 Å². The maximum absolute atomic E-state index is 5.28. The number of hydrogen-bond donors (Lipinski definition) is 1. The van der Waals surface area contributed by atoms with Crippen LogP contribution in [-0.2, 0) is 11.2 Å². The van der Waals surface area contributed by atoms with Gasteiger partial charge in [-0.2, -0.15) is 0 Å². The standard InChI is InChI=1S/C28H34N2O/c1-20-7-4-8-22(10-6-16-31-3)28(20)23-11-12-25(21(2)17-23)27-19-30-15-13-26(27)24-9-5-14-29-18-24/h4-5,7-9,11-12,14,17-18,26-27,30H,6,10,13,15-16,19H2,1-3H3/t26-,27-/m1/s1. The molecule has 4 rings (SSSR count). The summed E-state index contributed by atoms with van der Waals surface area (Å²) in [6.45, 7) is 7.39. The van der Waals surface area contributed by atoms with Crippen LogP contribution in [-0.4, -0.2) is 31.8 Å². The molecule has 1 aliphatic heterocycles. The van der Waals surface area contributed by atoms with Crippen molar-refractivity contribution < 1.29 is 4.74 Å². The first kappa shape index (κ1) is 21.7. The van der Waals surface area contributed by atoms with Crippen molar-refractivity contribution in [1.29, 1.82) is 0 Å². The molecule has 0 saturated carbocycles. The molecule has 1 aliphatic rings. The van der Waals surface area contributed by atoms with Gasteiger partial charge < -0.3 is 10.1 Å². The summed E-state index contributed by atoms with van der Waals surface area (Å²) >= 11 is 0. The minimum Gasteiger partial charge on any atom is -0.385 e. The first-order valence-electron chi connectivity index (χ1n) is 11.5. The maximum atomic E-state index is 5.28. The lowest BCUT2D eigenvalue weighted by atomic mass is 9.76. The fraction of sp³-hybridized carbons (Fsp3) is 0.393. The van der Waals surface area contributed by atoms with Gasteiger partial charge in [0.05, 0.1) is 0 Å². The second kappa shape index (κ2) is 10.2. The molecule has 0 unspecified atom stereocenters. The van der Waals surface area contributed by atoms with Crippen LogP contribution in [0.2, 0.25) is 0 Å². The predicted octanol–water partition coefficient (Wildman–Crippen LogP) is 5.81. The van der Waals surface area contributed by atoms with Gasteiger partial charge in [0.25, 0.3) is 0 Å². The maximum Gasteiger partial charge on any atom is 0.0465 e. The van der Waals surface area contributed by atoms with Crippen molar-refractivity contribution in [1.82, 2.24) is 10.3 Å². The van der Waals surface area contributed by atoms with Crippen LogP contribution in [0.1, 0.15) is 52.5 Å². The van der Waals surface area contributed by atoms with E-state index in [1.807, 2.05) is 12.4 Å². The quantitative estimate of drug-likeness (QED) is 0.496. The predicted molar refractivity (Wildman–Crippen MR) is 129 cm³/mol. The highest BCUT2D eigenvalue weighted by Gasteiger charge is 2.29. The number of aromatic nitrogens is 1. The molecule has 1 N–H and O–H groups in total. The van der Waals surface area contributed by atoms with Crippen molar-refractivity contribution in [3.63, 3.8) is 0 Å². The number of methoxy groups -OCH3 is 1. The number of aryl methyl sites for hydroxylation is 3. The fourth-order valence-corrected chi connectivity index (χ4v) is 5.18. The molecule has 2 heterocycles. The first-order valence-corrected chi connectivity index (χ1v) is 11.5. The topological polar surface area (TPSA) is 34.1 Å². The molecule has 1 saturated heterocycles. The molecule has 0 aliphatic carbocycles. The van der Waals surface area contributed by atoms with E-state index in [2.05, 4.69) is 72.7 Å². The third-order valence-corrected chi connectivity index (χ3v) is 6.71. The lowest BCUT2D eigenvalue weighted by molar-refractivity contribution is 0.195. The molecule has 3 nitrogen and oxygen atoms in total. The molecule has 0 spiro atoms. The number of hydrogen-bond acceptors (Lipinski definition) is 3. The van der Waals surface area contributed by atoms with E-state index in [-0.39, 0.29) is 0 Å². The van der Waals surface area contributed by atoms with Gasteiger partial charge >= 0.3 is 0 Å². The fourth-order valence-electron chi connectivity index (χ4n) is 5.18.